The predicted octanol–water partition coefficient (Wildman–Crippen LogP) is 3.84. The molecule has 0 aromatic heterocycles. The Bertz CT molecular complexity index is 483. The van der Waals surface area contributed by atoms with E-state index >= 15 is 0 Å². The Kier molecular flexibility index (Phi) is 5.94. The third kappa shape index (κ3) is 5.47. The fourth-order valence-electron chi connectivity index (χ4n) is 1.89. The number of carbonyl (C=O) groups excluding carboxylic acids is 2. The van der Waals surface area contributed by atoms with E-state index in [2.05, 4.69) is 6.58 Å². The van der Waals surface area contributed by atoms with E-state index in [4.69, 9.17) is 0 Å². The van der Waals surface area contributed by atoms with E-state index in [0.29, 0.717) is 12.8 Å². The first kappa shape index (κ1) is 15.1. The molecule has 0 unspecified atom stereocenters. The summed E-state index contributed by atoms with van der Waals surface area (Å²) in [6.07, 6.45) is 4.35. The van der Waals surface area contributed by atoms with Gasteiger partial charge in [-0.2, -0.15) is 0 Å². The van der Waals surface area contributed by atoms with Crippen LogP contribution in [0.3, 0.4) is 0 Å². The molecule has 0 saturated heterocycles. The average molecular weight is 256 g/mol. The van der Waals surface area contributed by atoms with Gasteiger partial charge in [0, 0.05) is 12.8 Å². The fraction of sp³-hybridized carbons (Fsp3) is 0.294. The second-order valence-corrected chi connectivity index (χ2v) is 4.80. The standard InChI is InChI=1S/C17H20O2/c1-13(2)12-16(19)10-7-11-17(14(3)18)15-8-5-4-6-9-15/h4-9,11,17H,1,10,12H2,2-3H3/b11-7+/t17-/m1/s1. The van der Waals surface area contributed by atoms with Crippen molar-refractivity contribution < 1.29 is 9.59 Å². The molecule has 0 aliphatic heterocycles. The number of rotatable bonds is 7. The van der Waals surface area contributed by atoms with Crippen LogP contribution in [0.4, 0.5) is 0 Å². The normalized spacial score (nSPS) is 12.3. The summed E-state index contributed by atoms with van der Waals surface area (Å²) in [6.45, 7) is 7.12. The first-order valence-corrected chi connectivity index (χ1v) is 6.39. The Hall–Kier alpha value is -1.96. The Labute approximate surface area is 114 Å². The number of benzene rings is 1. The Morgan fingerprint density at radius 3 is 2.37 bits per heavy atom. The zero-order valence-corrected chi connectivity index (χ0v) is 11.6. The lowest BCUT2D eigenvalue weighted by atomic mass is 9.94. The van der Waals surface area contributed by atoms with Gasteiger partial charge in [0.15, 0.2) is 0 Å². The molecule has 100 valence electrons. The Morgan fingerprint density at radius 2 is 1.84 bits per heavy atom. The minimum absolute atomic E-state index is 0.0785. The molecular formula is C17H20O2. The summed E-state index contributed by atoms with van der Waals surface area (Å²) >= 11 is 0. The van der Waals surface area contributed by atoms with Gasteiger partial charge in [0.25, 0.3) is 0 Å². The highest BCUT2D eigenvalue weighted by atomic mass is 16.1. The maximum atomic E-state index is 11.6. The van der Waals surface area contributed by atoms with Gasteiger partial charge < -0.3 is 0 Å². The summed E-state index contributed by atoms with van der Waals surface area (Å²) in [6, 6.07) is 9.58. The van der Waals surface area contributed by atoms with Crippen LogP contribution in [-0.2, 0) is 9.59 Å². The van der Waals surface area contributed by atoms with E-state index in [9.17, 15) is 9.59 Å². The Balaban J connectivity index is 2.68. The number of allylic oxidation sites excluding steroid dienone is 3. The van der Waals surface area contributed by atoms with Crippen LogP contribution in [0.2, 0.25) is 0 Å². The summed E-state index contributed by atoms with van der Waals surface area (Å²) in [5.41, 5.74) is 1.82. The van der Waals surface area contributed by atoms with Gasteiger partial charge in [-0.05, 0) is 19.4 Å². The highest BCUT2D eigenvalue weighted by Crippen LogP contribution is 2.18. The van der Waals surface area contributed by atoms with Gasteiger partial charge in [0.05, 0.1) is 5.92 Å². The third-order valence-corrected chi connectivity index (χ3v) is 2.77. The molecule has 0 bridgehead atoms. The van der Waals surface area contributed by atoms with E-state index in [1.807, 2.05) is 43.3 Å². The maximum absolute atomic E-state index is 11.6. The average Bonchev–Trinajstić information content (AvgIpc) is 2.34. The van der Waals surface area contributed by atoms with Gasteiger partial charge in [-0.25, -0.2) is 0 Å². The second-order valence-electron chi connectivity index (χ2n) is 4.80. The van der Waals surface area contributed by atoms with Crippen LogP contribution in [-0.4, -0.2) is 11.6 Å². The third-order valence-electron chi connectivity index (χ3n) is 2.77. The highest BCUT2D eigenvalue weighted by Gasteiger charge is 2.12. The monoisotopic (exact) mass is 256 g/mol. The van der Waals surface area contributed by atoms with Crippen LogP contribution in [0.5, 0.6) is 0 Å². The highest BCUT2D eigenvalue weighted by molar-refractivity contribution is 5.86. The van der Waals surface area contributed by atoms with Crippen LogP contribution >= 0.6 is 0 Å². The molecule has 2 nitrogen and oxygen atoms in total. The summed E-state index contributed by atoms with van der Waals surface area (Å²) in [5.74, 6) is -0.0623. The number of ketones is 2. The molecular weight excluding hydrogens is 236 g/mol. The largest absolute Gasteiger partial charge is 0.299 e. The maximum Gasteiger partial charge on any atom is 0.141 e. The van der Waals surface area contributed by atoms with E-state index in [0.717, 1.165) is 11.1 Å². The summed E-state index contributed by atoms with van der Waals surface area (Å²) in [7, 11) is 0. The van der Waals surface area contributed by atoms with E-state index in [1.54, 1.807) is 13.0 Å². The summed E-state index contributed by atoms with van der Waals surface area (Å²) in [5, 5.41) is 0. The lowest BCUT2D eigenvalue weighted by Crippen LogP contribution is -2.06. The van der Waals surface area contributed by atoms with Gasteiger partial charge in [-0.3, -0.25) is 9.59 Å². The molecule has 0 N–H and O–H groups in total. The Morgan fingerprint density at radius 1 is 1.21 bits per heavy atom. The van der Waals surface area contributed by atoms with Crippen LogP contribution in [0.1, 0.15) is 38.2 Å². The van der Waals surface area contributed by atoms with E-state index in [1.165, 1.54) is 0 Å². The molecule has 0 fully saturated rings. The van der Waals surface area contributed by atoms with Crippen molar-refractivity contribution in [2.24, 2.45) is 0 Å². The summed E-state index contributed by atoms with van der Waals surface area (Å²) in [4.78, 5) is 23.2. The molecule has 1 aromatic rings. The van der Waals surface area contributed by atoms with E-state index in [-0.39, 0.29) is 17.5 Å². The molecule has 0 aliphatic carbocycles. The van der Waals surface area contributed by atoms with Crippen LogP contribution in [0, 0.1) is 0 Å². The predicted molar refractivity (Wildman–Crippen MR) is 78.1 cm³/mol. The van der Waals surface area contributed by atoms with Crippen LogP contribution in [0.25, 0.3) is 0 Å². The lowest BCUT2D eigenvalue weighted by Gasteiger charge is -2.09. The number of hydrogen-bond donors (Lipinski definition) is 0. The minimum Gasteiger partial charge on any atom is -0.299 e. The first-order valence-electron chi connectivity index (χ1n) is 6.39. The van der Waals surface area contributed by atoms with Gasteiger partial charge >= 0.3 is 0 Å². The quantitative estimate of drug-likeness (QED) is 0.694. The molecule has 1 rings (SSSR count). The molecule has 0 radical (unpaired) electrons. The van der Waals surface area contributed by atoms with Crippen LogP contribution < -0.4 is 0 Å². The molecule has 2 heteroatoms. The van der Waals surface area contributed by atoms with Gasteiger partial charge in [-0.15, -0.1) is 0 Å². The zero-order valence-electron chi connectivity index (χ0n) is 11.6. The van der Waals surface area contributed by atoms with Crippen LogP contribution in [0.15, 0.2) is 54.6 Å². The van der Waals surface area contributed by atoms with Crippen molar-refractivity contribution in [3.8, 4) is 0 Å². The SMILES string of the molecule is C=C(C)CC(=O)C/C=C/[C@H](C(C)=O)c1ccccc1. The van der Waals surface area contributed by atoms with Crippen molar-refractivity contribution in [1.29, 1.82) is 0 Å². The molecule has 0 heterocycles. The molecule has 0 saturated carbocycles. The zero-order chi connectivity index (χ0) is 14.3. The van der Waals surface area contributed by atoms with Crippen molar-refractivity contribution in [1.82, 2.24) is 0 Å². The summed E-state index contributed by atoms with van der Waals surface area (Å²) < 4.78 is 0. The van der Waals surface area contributed by atoms with Crippen molar-refractivity contribution in [3.63, 3.8) is 0 Å². The van der Waals surface area contributed by atoms with Gasteiger partial charge in [0.1, 0.15) is 11.6 Å². The second kappa shape index (κ2) is 7.47. The molecule has 0 aliphatic rings. The number of hydrogen-bond acceptors (Lipinski definition) is 2. The van der Waals surface area contributed by atoms with Crippen molar-refractivity contribution >= 4 is 11.6 Å². The van der Waals surface area contributed by atoms with Crippen molar-refractivity contribution in [2.75, 3.05) is 0 Å². The lowest BCUT2D eigenvalue weighted by molar-refractivity contribution is -0.118. The molecule has 19 heavy (non-hydrogen) atoms. The molecule has 1 aromatic carbocycles. The van der Waals surface area contributed by atoms with Gasteiger partial charge in [-0.1, -0.05) is 54.6 Å². The molecule has 0 amide bonds. The van der Waals surface area contributed by atoms with Gasteiger partial charge in [0.2, 0.25) is 0 Å². The first-order chi connectivity index (χ1) is 9.00. The smallest absolute Gasteiger partial charge is 0.141 e. The minimum atomic E-state index is -0.265. The fourth-order valence-corrected chi connectivity index (χ4v) is 1.89. The van der Waals surface area contributed by atoms with Crippen molar-refractivity contribution in [3.05, 3.63) is 60.2 Å². The number of Topliss-reactive ketones (excluding diaryl/α,β-unsaturated/α-hetero) is 2. The van der Waals surface area contributed by atoms with Crippen molar-refractivity contribution in [2.45, 2.75) is 32.6 Å². The molecule has 0 spiro atoms. The number of carbonyl (C=O) groups is 2. The van der Waals surface area contributed by atoms with E-state index < -0.39 is 0 Å². The topological polar surface area (TPSA) is 34.1 Å². The molecule has 1 atom stereocenters.